The van der Waals surface area contributed by atoms with Crippen molar-refractivity contribution in [3.8, 4) is 5.75 Å². The summed E-state index contributed by atoms with van der Waals surface area (Å²) in [5.74, 6) is 0.979. The van der Waals surface area contributed by atoms with E-state index in [0.717, 1.165) is 29.7 Å². The lowest BCUT2D eigenvalue weighted by Crippen LogP contribution is -2.38. The van der Waals surface area contributed by atoms with E-state index in [4.69, 9.17) is 4.74 Å². The molecular weight excluding hydrogens is 298 g/mol. The first kappa shape index (κ1) is 16.6. The van der Waals surface area contributed by atoms with Crippen LogP contribution in [0.1, 0.15) is 48.0 Å². The van der Waals surface area contributed by atoms with E-state index >= 15 is 0 Å². The minimum atomic E-state index is 0.123. The molecule has 0 aliphatic heterocycles. The molecule has 0 N–H and O–H groups in total. The SMILES string of the molecule is CN(C(=O)c1ccc(COc2ccccc2)cc1)C1CCCCC1. The molecule has 24 heavy (non-hydrogen) atoms. The van der Waals surface area contributed by atoms with Gasteiger partial charge in [0.1, 0.15) is 12.4 Å². The highest BCUT2D eigenvalue weighted by molar-refractivity contribution is 5.94. The van der Waals surface area contributed by atoms with Crippen LogP contribution in [0.15, 0.2) is 54.6 Å². The highest BCUT2D eigenvalue weighted by atomic mass is 16.5. The summed E-state index contributed by atoms with van der Waals surface area (Å²) in [7, 11) is 1.94. The Morgan fingerprint density at radius 3 is 2.33 bits per heavy atom. The summed E-state index contributed by atoms with van der Waals surface area (Å²) in [6, 6.07) is 17.9. The molecule has 2 aromatic rings. The maximum absolute atomic E-state index is 12.6. The number of rotatable bonds is 5. The van der Waals surface area contributed by atoms with Crippen molar-refractivity contribution in [2.45, 2.75) is 44.8 Å². The van der Waals surface area contributed by atoms with E-state index in [1.165, 1.54) is 19.3 Å². The summed E-state index contributed by atoms with van der Waals surface area (Å²) in [5, 5.41) is 0. The van der Waals surface area contributed by atoms with Gasteiger partial charge in [0, 0.05) is 18.7 Å². The van der Waals surface area contributed by atoms with Crippen LogP contribution in [-0.4, -0.2) is 23.9 Å². The number of ether oxygens (including phenoxy) is 1. The van der Waals surface area contributed by atoms with Crippen molar-refractivity contribution in [3.05, 3.63) is 65.7 Å². The average molecular weight is 323 g/mol. The van der Waals surface area contributed by atoms with Crippen LogP contribution >= 0.6 is 0 Å². The van der Waals surface area contributed by atoms with Crippen LogP contribution < -0.4 is 4.74 Å². The summed E-state index contributed by atoms with van der Waals surface area (Å²) < 4.78 is 5.74. The molecular formula is C21H25NO2. The van der Waals surface area contributed by atoms with Crippen molar-refractivity contribution in [3.63, 3.8) is 0 Å². The third-order valence-electron chi connectivity index (χ3n) is 4.79. The highest BCUT2D eigenvalue weighted by Gasteiger charge is 2.22. The minimum Gasteiger partial charge on any atom is -0.489 e. The second kappa shape index (κ2) is 8.00. The van der Waals surface area contributed by atoms with Crippen LogP contribution in [0.2, 0.25) is 0 Å². The van der Waals surface area contributed by atoms with Crippen LogP contribution in [0.5, 0.6) is 5.75 Å². The molecule has 1 saturated carbocycles. The fourth-order valence-electron chi connectivity index (χ4n) is 3.26. The first-order chi connectivity index (χ1) is 11.7. The molecule has 0 unspecified atom stereocenters. The van der Waals surface area contributed by atoms with E-state index in [1.54, 1.807) is 0 Å². The van der Waals surface area contributed by atoms with Gasteiger partial charge in [-0.05, 0) is 42.7 Å². The molecule has 1 aliphatic rings. The molecule has 3 heteroatoms. The number of carbonyl (C=O) groups excluding carboxylic acids is 1. The van der Waals surface area contributed by atoms with Crippen LogP contribution in [-0.2, 0) is 6.61 Å². The molecule has 0 spiro atoms. The van der Waals surface area contributed by atoms with Gasteiger partial charge in [0.2, 0.25) is 0 Å². The smallest absolute Gasteiger partial charge is 0.253 e. The van der Waals surface area contributed by atoms with Crippen molar-refractivity contribution in [1.29, 1.82) is 0 Å². The second-order valence-corrected chi connectivity index (χ2v) is 6.51. The van der Waals surface area contributed by atoms with Crippen molar-refractivity contribution in [2.75, 3.05) is 7.05 Å². The largest absolute Gasteiger partial charge is 0.489 e. The standard InChI is InChI=1S/C21H25NO2/c1-22(19-8-4-2-5-9-19)21(23)18-14-12-17(13-15-18)16-24-20-10-6-3-7-11-20/h3,6-7,10-15,19H,2,4-5,8-9,16H2,1H3. The number of carbonyl (C=O) groups is 1. The predicted octanol–water partition coefficient (Wildman–Crippen LogP) is 4.67. The Morgan fingerprint density at radius 2 is 1.67 bits per heavy atom. The Hall–Kier alpha value is -2.29. The maximum Gasteiger partial charge on any atom is 0.253 e. The van der Waals surface area contributed by atoms with Crippen molar-refractivity contribution < 1.29 is 9.53 Å². The molecule has 0 saturated heterocycles. The number of benzene rings is 2. The van der Waals surface area contributed by atoms with Gasteiger partial charge in [-0.15, -0.1) is 0 Å². The maximum atomic E-state index is 12.6. The summed E-state index contributed by atoms with van der Waals surface area (Å²) >= 11 is 0. The molecule has 1 amide bonds. The lowest BCUT2D eigenvalue weighted by atomic mass is 9.94. The van der Waals surface area contributed by atoms with Crippen molar-refractivity contribution >= 4 is 5.91 Å². The quantitative estimate of drug-likeness (QED) is 0.800. The molecule has 1 fully saturated rings. The van der Waals surface area contributed by atoms with Gasteiger partial charge in [-0.3, -0.25) is 4.79 Å². The van der Waals surface area contributed by atoms with Crippen LogP contribution in [0.4, 0.5) is 0 Å². The Kier molecular flexibility index (Phi) is 5.52. The van der Waals surface area contributed by atoms with Gasteiger partial charge in [0.15, 0.2) is 0 Å². The lowest BCUT2D eigenvalue weighted by molar-refractivity contribution is 0.0696. The normalized spacial score (nSPS) is 15.0. The Balaban J connectivity index is 1.58. The minimum absolute atomic E-state index is 0.123. The molecule has 3 rings (SSSR count). The number of amides is 1. The zero-order valence-electron chi connectivity index (χ0n) is 14.3. The molecule has 0 bridgehead atoms. The van der Waals surface area contributed by atoms with Gasteiger partial charge < -0.3 is 9.64 Å². The third kappa shape index (κ3) is 4.16. The molecule has 2 aromatic carbocycles. The van der Waals surface area contributed by atoms with Gasteiger partial charge in [-0.2, -0.15) is 0 Å². The zero-order chi connectivity index (χ0) is 16.8. The number of hydrogen-bond acceptors (Lipinski definition) is 2. The highest BCUT2D eigenvalue weighted by Crippen LogP contribution is 2.23. The van der Waals surface area contributed by atoms with Crippen LogP contribution in [0, 0.1) is 0 Å². The van der Waals surface area contributed by atoms with Crippen LogP contribution in [0.3, 0.4) is 0 Å². The first-order valence-electron chi connectivity index (χ1n) is 8.78. The van der Waals surface area contributed by atoms with Gasteiger partial charge in [-0.1, -0.05) is 49.6 Å². The molecule has 1 aliphatic carbocycles. The Bertz CT molecular complexity index is 645. The van der Waals surface area contributed by atoms with Gasteiger partial charge in [0.05, 0.1) is 0 Å². The van der Waals surface area contributed by atoms with E-state index in [2.05, 4.69) is 0 Å². The van der Waals surface area contributed by atoms with Gasteiger partial charge in [0.25, 0.3) is 5.91 Å². The summed E-state index contributed by atoms with van der Waals surface area (Å²) in [6.07, 6.45) is 6.03. The first-order valence-corrected chi connectivity index (χ1v) is 8.78. The predicted molar refractivity (Wildman–Crippen MR) is 96.2 cm³/mol. The summed E-state index contributed by atoms with van der Waals surface area (Å²) in [4.78, 5) is 14.6. The van der Waals surface area contributed by atoms with E-state index in [9.17, 15) is 4.79 Å². The monoisotopic (exact) mass is 323 g/mol. The Morgan fingerprint density at radius 1 is 1.00 bits per heavy atom. The van der Waals surface area contributed by atoms with Gasteiger partial charge in [-0.25, -0.2) is 0 Å². The molecule has 3 nitrogen and oxygen atoms in total. The van der Waals surface area contributed by atoms with E-state index in [1.807, 2.05) is 66.5 Å². The fraction of sp³-hybridized carbons (Fsp3) is 0.381. The number of hydrogen-bond donors (Lipinski definition) is 0. The fourth-order valence-corrected chi connectivity index (χ4v) is 3.26. The second-order valence-electron chi connectivity index (χ2n) is 6.51. The van der Waals surface area contributed by atoms with Crippen LogP contribution in [0.25, 0.3) is 0 Å². The number of para-hydroxylation sites is 1. The van der Waals surface area contributed by atoms with Gasteiger partial charge >= 0.3 is 0 Å². The number of nitrogens with zero attached hydrogens (tertiary/aromatic N) is 1. The summed E-state index contributed by atoms with van der Waals surface area (Å²) in [6.45, 7) is 0.511. The molecule has 126 valence electrons. The Labute approximate surface area is 144 Å². The molecule has 0 aromatic heterocycles. The topological polar surface area (TPSA) is 29.5 Å². The van der Waals surface area contributed by atoms with Crippen molar-refractivity contribution in [1.82, 2.24) is 4.90 Å². The molecule has 0 atom stereocenters. The summed E-state index contributed by atoms with van der Waals surface area (Å²) in [5.41, 5.74) is 1.82. The third-order valence-corrected chi connectivity index (χ3v) is 4.79. The zero-order valence-corrected chi connectivity index (χ0v) is 14.3. The lowest BCUT2D eigenvalue weighted by Gasteiger charge is -2.31. The van der Waals surface area contributed by atoms with E-state index in [0.29, 0.717) is 12.6 Å². The molecule has 0 heterocycles. The van der Waals surface area contributed by atoms with E-state index < -0.39 is 0 Å². The molecule has 0 radical (unpaired) electrons. The van der Waals surface area contributed by atoms with Crippen molar-refractivity contribution in [2.24, 2.45) is 0 Å². The average Bonchev–Trinajstić information content (AvgIpc) is 2.67. The van der Waals surface area contributed by atoms with E-state index in [-0.39, 0.29) is 5.91 Å².